The fourth-order valence-electron chi connectivity index (χ4n) is 1.18. The number of methoxy groups -OCH3 is 1. The highest BCUT2D eigenvalue weighted by atomic mass is 79.9. The molecule has 0 saturated carbocycles. The maximum absolute atomic E-state index is 5.91. The third kappa shape index (κ3) is 1.55. The summed E-state index contributed by atoms with van der Waals surface area (Å²) in [6, 6.07) is 3.66. The summed E-state index contributed by atoms with van der Waals surface area (Å²) in [5.74, 6) is 0.729. The molecular formula is C9H6BrClN2O. The Morgan fingerprint density at radius 3 is 2.86 bits per heavy atom. The Kier molecular flexibility index (Phi) is 2.56. The maximum Gasteiger partial charge on any atom is 0.140 e. The predicted octanol–water partition coefficient (Wildman–Crippen LogP) is 3.05. The molecular weight excluding hydrogens is 267 g/mol. The van der Waals surface area contributed by atoms with E-state index >= 15 is 0 Å². The van der Waals surface area contributed by atoms with Crippen molar-refractivity contribution in [3.8, 4) is 5.75 Å². The van der Waals surface area contributed by atoms with Crippen molar-refractivity contribution in [3.05, 3.63) is 28.1 Å². The molecule has 0 aliphatic heterocycles. The van der Waals surface area contributed by atoms with Crippen molar-refractivity contribution in [3.63, 3.8) is 0 Å². The summed E-state index contributed by atoms with van der Waals surface area (Å²) in [6.45, 7) is 0. The molecule has 14 heavy (non-hydrogen) atoms. The van der Waals surface area contributed by atoms with E-state index < -0.39 is 0 Å². The fourth-order valence-corrected chi connectivity index (χ4v) is 1.88. The third-order valence-electron chi connectivity index (χ3n) is 1.86. The number of nitrogens with zero attached hydrogens (tertiary/aromatic N) is 2. The molecule has 0 spiro atoms. The molecule has 0 aliphatic carbocycles. The topological polar surface area (TPSA) is 35.0 Å². The Morgan fingerprint density at radius 2 is 2.14 bits per heavy atom. The molecule has 72 valence electrons. The minimum Gasteiger partial charge on any atom is -0.495 e. The lowest BCUT2D eigenvalue weighted by Gasteiger charge is -2.05. The smallest absolute Gasteiger partial charge is 0.140 e. The second-order valence-corrected chi connectivity index (χ2v) is 3.88. The molecule has 0 unspecified atom stereocenters. The molecule has 3 nitrogen and oxygen atoms in total. The van der Waals surface area contributed by atoms with Gasteiger partial charge >= 0.3 is 0 Å². The van der Waals surface area contributed by atoms with Gasteiger partial charge in [0.2, 0.25) is 0 Å². The van der Waals surface area contributed by atoms with Crippen LogP contribution in [-0.2, 0) is 0 Å². The first-order valence-electron chi connectivity index (χ1n) is 3.86. The van der Waals surface area contributed by atoms with Crippen LogP contribution in [0, 0.1) is 0 Å². The SMILES string of the molecule is COc1cc2ncnc(Cl)c2cc1Br. The molecule has 2 rings (SSSR count). The highest BCUT2D eigenvalue weighted by Gasteiger charge is 2.06. The number of benzene rings is 1. The van der Waals surface area contributed by atoms with Crippen LogP contribution in [0.4, 0.5) is 0 Å². The molecule has 0 fully saturated rings. The first kappa shape index (κ1) is 9.68. The van der Waals surface area contributed by atoms with E-state index in [1.165, 1.54) is 6.33 Å². The molecule has 0 saturated heterocycles. The van der Waals surface area contributed by atoms with Crippen LogP contribution >= 0.6 is 27.5 Å². The van der Waals surface area contributed by atoms with Crippen molar-refractivity contribution in [1.82, 2.24) is 9.97 Å². The minimum absolute atomic E-state index is 0.443. The number of hydrogen-bond acceptors (Lipinski definition) is 3. The monoisotopic (exact) mass is 272 g/mol. The Balaban J connectivity index is 2.79. The van der Waals surface area contributed by atoms with Gasteiger partial charge in [-0.05, 0) is 22.0 Å². The van der Waals surface area contributed by atoms with Crippen LogP contribution in [0.3, 0.4) is 0 Å². The van der Waals surface area contributed by atoms with E-state index in [1.54, 1.807) is 7.11 Å². The lowest BCUT2D eigenvalue weighted by molar-refractivity contribution is 0.412. The molecule has 2 aromatic rings. The molecule has 0 bridgehead atoms. The summed E-state index contributed by atoms with van der Waals surface area (Å²) in [4.78, 5) is 7.99. The second kappa shape index (κ2) is 3.71. The molecule has 0 radical (unpaired) electrons. The number of aromatic nitrogens is 2. The van der Waals surface area contributed by atoms with E-state index in [-0.39, 0.29) is 0 Å². The molecule has 0 N–H and O–H groups in total. The summed E-state index contributed by atoms with van der Waals surface area (Å²) < 4.78 is 5.98. The van der Waals surface area contributed by atoms with Crippen molar-refractivity contribution >= 4 is 38.4 Å². The number of fused-ring (bicyclic) bond motifs is 1. The Bertz CT molecular complexity index is 489. The average molecular weight is 274 g/mol. The Hall–Kier alpha value is -0.870. The maximum atomic E-state index is 5.91. The third-order valence-corrected chi connectivity index (χ3v) is 2.78. The van der Waals surface area contributed by atoms with Crippen LogP contribution in [-0.4, -0.2) is 17.1 Å². The first-order chi connectivity index (χ1) is 6.72. The second-order valence-electron chi connectivity index (χ2n) is 2.67. The van der Waals surface area contributed by atoms with Gasteiger partial charge in [0.15, 0.2) is 0 Å². The Labute approximate surface area is 94.2 Å². The van der Waals surface area contributed by atoms with Crippen molar-refractivity contribution in [2.75, 3.05) is 7.11 Å². The molecule has 1 aromatic carbocycles. The van der Waals surface area contributed by atoms with Crippen molar-refractivity contribution < 1.29 is 4.74 Å². The van der Waals surface area contributed by atoms with Gasteiger partial charge < -0.3 is 4.74 Å². The van der Waals surface area contributed by atoms with Gasteiger partial charge in [-0.1, -0.05) is 11.6 Å². The normalized spacial score (nSPS) is 10.5. The summed E-state index contributed by atoms with van der Waals surface area (Å²) in [6.07, 6.45) is 1.43. The lowest BCUT2D eigenvalue weighted by atomic mass is 10.2. The van der Waals surface area contributed by atoms with Crippen molar-refractivity contribution in [2.24, 2.45) is 0 Å². The summed E-state index contributed by atoms with van der Waals surface area (Å²) in [5, 5.41) is 1.25. The van der Waals surface area contributed by atoms with Crippen molar-refractivity contribution in [1.29, 1.82) is 0 Å². The van der Waals surface area contributed by atoms with E-state index in [4.69, 9.17) is 16.3 Å². The molecule has 1 heterocycles. The first-order valence-corrected chi connectivity index (χ1v) is 5.03. The van der Waals surface area contributed by atoms with Gasteiger partial charge in [0.25, 0.3) is 0 Å². The largest absolute Gasteiger partial charge is 0.495 e. The van der Waals surface area contributed by atoms with Gasteiger partial charge in [-0.15, -0.1) is 0 Å². The zero-order chi connectivity index (χ0) is 10.1. The van der Waals surface area contributed by atoms with Gasteiger partial charge in [0, 0.05) is 11.5 Å². The number of hydrogen-bond donors (Lipinski definition) is 0. The van der Waals surface area contributed by atoms with Gasteiger partial charge in [-0.2, -0.15) is 0 Å². The highest BCUT2D eigenvalue weighted by molar-refractivity contribution is 9.10. The minimum atomic E-state index is 0.443. The van der Waals surface area contributed by atoms with Gasteiger partial charge in [-0.3, -0.25) is 0 Å². The summed E-state index contributed by atoms with van der Waals surface area (Å²) in [5.41, 5.74) is 0.769. The van der Waals surface area contributed by atoms with Gasteiger partial charge in [0.1, 0.15) is 17.2 Å². The van der Waals surface area contributed by atoms with Crippen LogP contribution in [0.1, 0.15) is 0 Å². The van der Waals surface area contributed by atoms with Crippen LogP contribution in [0.25, 0.3) is 10.9 Å². The highest BCUT2D eigenvalue weighted by Crippen LogP contribution is 2.31. The van der Waals surface area contributed by atoms with E-state index in [9.17, 15) is 0 Å². The van der Waals surface area contributed by atoms with Gasteiger partial charge in [-0.25, -0.2) is 9.97 Å². The van der Waals surface area contributed by atoms with Crippen LogP contribution in [0.15, 0.2) is 22.9 Å². The number of halogens is 2. The zero-order valence-electron chi connectivity index (χ0n) is 7.29. The quantitative estimate of drug-likeness (QED) is 0.749. The van der Waals surface area contributed by atoms with Crippen LogP contribution < -0.4 is 4.74 Å². The number of rotatable bonds is 1. The van der Waals surface area contributed by atoms with Crippen molar-refractivity contribution in [2.45, 2.75) is 0 Å². The fraction of sp³-hybridized carbons (Fsp3) is 0.111. The molecule has 5 heteroatoms. The standard InChI is InChI=1S/C9H6BrClN2O/c1-14-8-3-7-5(2-6(8)10)9(11)13-4-12-7/h2-4H,1H3. The van der Waals surface area contributed by atoms with E-state index in [2.05, 4.69) is 25.9 Å². The number of ether oxygens (including phenoxy) is 1. The Morgan fingerprint density at radius 1 is 1.36 bits per heavy atom. The van der Waals surface area contributed by atoms with E-state index in [0.717, 1.165) is 21.1 Å². The molecule has 0 aliphatic rings. The lowest BCUT2D eigenvalue weighted by Crippen LogP contribution is -1.88. The summed E-state index contributed by atoms with van der Waals surface area (Å²) in [7, 11) is 1.61. The molecule has 0 amide bonds. The van der Waals surface area contributed by atoms with Crippen LogP contribution in [0.2, 0.25) is 5.15 Å². The molecule has 1 aromatic heterocycles. The van der Waals surface area contributed by atoms with Crippen LogP contribution in [0.5, 0.6) is 5.75 Å². The zero-order valence-corrected chi connectivity index (χ0v) is 9.63. The van der Waals surface area contributed by atoms with Gasteiger partial charge in [0.05, 0.1) is 17.1 Å². The van der Waals surface area contributed by atoms with E-state index in [1.807, 2.05) is 12.1 Å². The predicted molar refractivity (Wildman–Crippen MR) is 58.8 cm³/mol. The average Bonchev–Trinajstić information content (AvgIpc) is 2.19. The summed E-state index contributed by atoms with van der Waals surface area (Å²) >= 11 is 9.28. The van der Waals surface area contributed by atoms with E-state index in [0.29, 0.717) is 5.15 Å². The molecule has 0 atom stereocenters.